The Balaban J connectivity index is 3.04. The van der Waals surface area contributed by atoms with Crippen LogP contribution in [0.2, 0.25) is 0 Å². The van der Waals surface area contributed by atoms with Crippen LogP contribution in [-0.2, 0) is 25.6 Å². The summed E-state index contributed by atoms with van der Waals surface area (Å²) in [5.41, 5.74) is 33.6. The lowest BCUT2D eigenvalue weighted by Crippen LogP contribution is -2.58. The molecule has 4 amide bonds. The van der Waals surface area contributed by atoms with Gasteiger partial charge in [0.1, 0.15) is 23.9 Å². The number of carbonyl (C=O) groups excluding carboxylic acids is 4. The van der Waals surface area contributed by atoms with Crippen LogP contribution in [0.1, 0.15) is 51.5 Å². The van der Waals surface area contributed by atoms with Crippen LogP contribution < -0.4 is 50.4 Å². The summed E-state index contributed by atoms with van der Waals surface area (Å²) in [5.74, 6) is -2.73. The number of primary amides is 1. The van der Waals surface area contributed by atoms with Gasteiger partial charge in [0.25, 0.3) is 0 Å². The van der Waals surface area contributed by atoms with Crippen LogP contribution in [0.25, 0.3) is 0 Å². The van der Waals surface area contributed by atoms with Crippen molar-refractivity contribution in [2.75, 3.05) is 13.1 Å². The van der Waals surface area contributed by atoms with E-state index in [9.17, 15) is 24.3 Å². The van der Waals surface area contributed by atoms with Crippen LogP contribution in [0.4, 0.5) is 0 Å². The molecule has 16 heteroatoms. The fraction of sp³-hybridized carbons (Fsp3) is 0.556. The third-order valence-corrected chi connectivity index (χ3v) is 6.26. The number of carbonyl (C=O) groups is 4. The number of amides is 4. The van der Waals surface area contributed by atoms with E-state index >= 15 is 0 Å². The highest BCUT2D eigenvalue weighted by molar-refractivity contribution is 5.94. The fourth-order valence-electron chi connectivity index (χ4n) is 4.04. The topological polar surface area (TPSA) is 305 Å². The Morgan fingerprint density at radius 2 is 1.23 bits per heavy atom. The lowest BCUT2D eigenvalue weighted by Gasteiger charge is -2.26. The van der Waals surface area contributed by atoms with Gasteiger partial charge in [0.2, 0.25) is 23.6 Å². The summed E-state index contributed by atoms with van der Waals surface area (Å²) in [7, 11) is 0. The van der Waals surface area contributed by atoms with E-state index in [1.165, 1.54) is 12.1 Å². The van der Waals surface area contributed by atoms with E-state index in [0.29, 0.717) is 24.9 Å². The van der Waals surface area contributed by atoms with Gasteiger partial charge in [-0.25, -0.2) is 0 Å². The Morgan fingerprint density at radius 1 is 0.744 bits per heavy atom. The molecule has 1 rings (SSSR count). The van der Waals surface area contributed by atoms with Crippen molar-refractivity contribution in [2.24, 2.45) is 50.3 Å². The maximum atomic E-state index is 13.4. The summed E-state index contributed by atoms with van der Waals surface area (Å²) in [6, 6.07) is 1.97. The second kappa shape index (κ2) is 18.8. The Kier molecular flexibility index (Phi) is 15.9. The van der Waals surface area contributed by atoms with Gasteiger partial charge in [-0.3, -0.25) is 29.2 Å². The highest BCUT2D eigenvalue weighted by Crippen LogP contribution is 2.12. The number of guanidine groups is 2. The number of aliphatic imine (C=N–C) groups is 2. The van der Waals surface area contributed by atoms with Gasteiger partial charge in [-0.1, -0.05) is 26.0 Å². The number of benzene rings is 1. The molecule has 1 aromatic carbocycles. The van der Waals surface area contributed by atoms with E-state index < -0.39 is 47.8 Å². The first-order chi connectivity index (χ1) is 20.2. The van der Waals surface area contributed by atoms with E-state index in [4.69, 9.17) is 34.4 Å². The first-order valence-electron chi connectivity index (χ1n) is 14.0. The van der Waals surface area contributed by atoms with E-state index in [0.717, 1.165) is 0 Å². The van der Waals surface area contributed by atoms with Crippen LogP contribution in [0.5, 0.6) is 5.75 Å². The molecule has 0 radical (unpaired) electrons. The molecule has 0 aliphatic carbocycles. The molecular formula is C27H47N11O5. The average Bonchev–Trinajstić information content (AvgIpc) is 2.92. The minimum atomic E-state index is -1.11. The lowest BCUT2D eigenvalue weighted by molar-refractivity contribution is -0.134. The van der Waals surface area contributed by atoms with Crippen LogP contribution >= 0.6 is 0 Å². The smallest absolute Gasteiger partial charge is 0.243 e. The maximum Gasteiger partial charge on any atom is 0.243 e. The fourth-order valence-corrected chi connectivity index (χ4v) is 4.04. The average molecular weight is 606 g/mol. The summed E-state index contributed by atoms with van der Waals surface area (Å²) >= 11 is 0. The largest absolute Gasteiger partial charge is 0.508 e. The van der Waals surface area contributed by atoms with E-state index in [2.05, 4.69) is 25.9 Å². The molecular weight excluding hydrogens is 558 g/mol. The summed E-state index contributed by atoms with van der Waals surface area (Å²) in [6.07, 6.45) is 1.50. The van der Waals surface area contributed by atoms with E-state index in [-0.39, 0.29) is 55.8 Å². The van der Waals surface area contributed by atoms with Crippen LogP contribution in [0.15, 0.2) is 34.3 Å². The van der Waals surface area contributed by atoms with Crippen molar-refractivity contribution in [3.8, 4) is 5.75 Å². The van der Waals surface area contributed by atoms with Gasteiger partial charge in [-0.2, -0.15) is 0 Å². The van der Waals surface area contributed by atoms with Gasteiger partial charge in [-0.15, -0.1) is 0 Å². The number of phenolic OH excluding ortho intramolecular Hbond substituents is 1. The molecule has 0 spiro atoms. The van der Waals surface area contributed by atoms with Gasteiger partial charge in [0.05, 0.1) is 6.04 Å². The Morgan fingerprint density at radius 3 is 1.74 bits per heavy atom. The number of phenols is 1. The number of nitrogens with one attached hydrogen (secondary N) is 3. The van der Waals surface area contributed by atoms with Crippen molar-refractivity contribution in [3.05, 3.63) is 29.8 Å². The van der Waals surface area contributed by atoms with Crippen molar-refractivity contribution in [1.29, 1.82) is 0 Å². The van der Waals surface area contributed by atoms with Gasteiger partial charge in [0, 0.05) is 19.5 Å². The van der Waals surface area contributed by atoms with Gasteiger partial charge < -0.3 is 55.5 Å². The maximum absolute atomic E-state index is 13.4. The molecule has 0 unspecified atom stereocenters. The zero-order chi connectivity index (χ0) is 32.5. The predicted molar refractivity (Wildman–Crippen MR) is 164 cm³/mol. The van der Waals surface area contributed by atoms with Crippen molar-refractivity contribution >= 4 is 35.5 Å². The van der Waals surface area contributed by atoms with Gasteiger partial charge in [0.15, 0.2) is 11.9 Å². The molecule has 0 fully saturated rings. The molecule has 16 nitrogen and oxygen atoms in total. The second-order valence-corrected chi connectivity index (χ2v) is 10.6. The van der Waals surface area contributed by atoms with Crippen LogP contribution in [0.3, 0.4) is 0 Å². The molecule has 0 heterocycles. The minimum absolute atomic E-state index is 0.00726. The SMILES string of the molecule is CC(C)C[C@H](NC(=O)[C@H](N)CCCN=C(N)N)C(=O)N[C@@H](CCCN=C(N)N)C(=O)N[C@@H](Cc1ccc(O)cc1)C(N)=O. The molecule has 43 heavy (non-hydrogen) atoms. The molecule has 16 N–H and O–H groups in total. The zero-order valence-corrected chi connectivity index (χ0v) is 24.8. The molecule has 0 aromatic heterocycles. The lowest BCUT2D eigenvalue weighted by atomic mass is 10.0. The molecule has 1 aromatic rings. The first kappa shape index (κ1) is 36.4. The normalized spacial score (nSPS) is 13.6. The number of hydrogen-bond acceptors (Lipinski definition) is 8. The molecule has 240 valence electrons. The van der Waals surface area contributed by atoms with Crippen molar-refractivity contribution in [1.82, 2.24) is 16.0 Å². The second-order valence-electron chi connectivity index (χ2n) is 10.6. The van der Waals surface area contributed by atoms with Crippen molar-refractivity contribution < 1.29 is 24.3 Å². The molecule has 0 aliphatic rings. The van der Waals surface area contributed by atoms with Gasteiger partial charge >= 0.3 is 0 Å². The van der Waals surface area contributed by atoms with E-state index in [1.807, 2.05) is 13.8 Å². The number of hydrogen-bond donors (Lipinski definition) is 10. The number of aromatic hydroxyl groups is 1. The summed E-state index contributed by atoms with van der Waals surface area (Å²) in [4.78, 5) is 59.5. The Labute approximate surface area is 251 Å². The third-order valence-electron chi connectivity index (χ3n) is 6.26. The van der Waals surface area contributed by atoms with Crippen LogP contribution in [0, 0.1) is 5.92 Å². The molecule has 4 atom stereocenters. The first-order valence-corrected chi connectivity index (χ1v) is 14.0. The molecule has 0 saturated heterocycles. The highest BCUT2D eigenvalue weighted by atomic mass is 16.3. The van der Waals surface area contributed by atoms with Crippen molar-refractivity contribution in [2.45, 2.75) is 76.5 Å². The predicted octanol–water partition coefficient (Wildman–Crippen LogP) is -2.65. The monoisotopic (exact) mass is 605 g/mol. The zero-order valence-electron chi connectivity index (χ0n) is 24.8. The summed E-state index contributed by atoms with van der Waals surface area (Å²) in [5, 5.41) is 17.5. The van der Waals surface area contributed by atoms with E-state index in [1.54, 1.807) is 12.1 Å². The molecule has 0 saturated carbocycles. The third kappa shape index (κ3) is 15.3. The Hall–Kier alpha value is -4.60. The highest BCUT2D eigenvalue weighted by Gasteiger charge is 2.30. The van der Waals surface area contributed by atoms with Gasteiger partial charge in [-0.05, 0) is 55.7 Å². The van der Waals surface area contributed by atoms with Crippen LogP contribution in [-0.4, -0.2) is 77.9 Å². The Bertz CT molecular complexity index is 1120. The summed E-state index contributed by atoms with van der Waals surface area (Å²) in [6.45, 7) is 4.24. The molecule has 0 bridgehead atoms. The van der Waals surface area contributed by atoms with Crippen molar-refractivity contribution in [3.63, 3.8) is 0 Å². The standard InChI is InChI=1S/C27H47N11O5/c1-15(2)13-21(38-23(41)18(28)5-3-11-34-26(30)31)25(43)36-19(6-4-12-35-27(32)33)24(42)37-20(22(29)40)14-16-7-9-17(39)10-8-16/h7-10,15,18-21,39H,3-6,11-14,28H2,1-2H3,(H2,29,40)(H,36,43)(H,37,42)(H,38,41)(H4,30,31,34)(H4,32,33,35)/t18-,19+,20+,21+/m1/s1. The number of rotatable bonds is 19. The molecule has 0 aliphatic heterocycles. The summed E-state index contributed by atoms with van der Waals surface area (Å²) < 4.78 is 0. The number of nitrogens with zero attached hydrogens (tertiary/aromatic N) is 2. The minimum Gasteiger partial charge on any atom is -0.508 e. The number of nitrogens with two attached hydrogens (primary N) is 6. The quantitative estimate of drug-likeness (QED) is 0.0443.